The number of hydrogen-bond acceptors (Lipinski definition) is 3. The molecule has 0 saturated heterocycles. The second kappa shape index (κ2) is 12.4. The zero-order valence-electron chi connectivity index (χ0n) is 28.3. The van der Waals surface area contributed by atoms with E-state index in [2.05, 4.69) is 146 Å². The van der Waals surface area contributed by atoms with E-state index >= 15 is 0 Å². The maximum absolute atomic E-state index is 6.43. The van der Waals surface area contributed by atoms with Gasteiger partial charge in [-0.2, -0.15) is 11.8 Å². The summed E-state index contributed by atoms with van der Waals surface area (Å²) in [5, 5.41) is 0. The highest BCUT2D eigenvalue weighted by atomic mass is 32.2. The first-order valence-corrected chi connectivity index (χ1v) is 18.5. The van der Waals surface area contributed by atoms with Gasteiger partial charge in [-0.1, -0.05) is 129 Å². The first-order valence-electron chi connectivity index (χ1n) is 17.3. The molecule has 7 aromatic carbocycles. The molecule has 9 rings (SSSR count). The van der Waals surface area contributed by atoms with Crippen LogP contribution in [0.3, 0.4) is 0 Å². The number of thioether (sulfide) groups is 1. The van der Waals surface area contributed by atoms with Gasteiger partial charge < -0.3 is 9.64 Å². The molecule has 0 N–H and O–H groups in total. The Morgan fingerprint density at radius 1 is 0.520 bits per heavy atom. The minimum Gasteiger partial charge on any atom is -0.457 e. The second-order valence-electron chi connectivity index (χ2n) is 13.7. The summed E-state index contributed by atoms with van der Waals surface area (Å²) in [6, 6.07) is 58.8. The normalized spacial score (nSPS) is 13.7. The highest BCUT2D eigenvalue weighted by molar-refractivity contribution is 7.98. The zero-order chi connectivity index (χ0) is 33.7. The standard InChI is InChI=1S/C47H37NOS/c1-47(2)42-25-10-9-23-40(42)45-43(47)26-27-44(46(45)39-24-12-17-34-30-50-31-41(34)39)48(35-18-11-16-33(28-35)32-14-5-3-6-15-32)36-19-13-22-38(29-36)49-37-20-7-4-8-21-37/h3-29H,30-31H2,1-2H3. The van der Waals surface area contributed by atoms with E-state index in [0.717, 1.165) is 40.1 Å². The van der Waals surface area contributed by atoms with Crippen LogP contribution in [0.1, 0.15) is 36.1 Å². The molecule has 2 nitrogen and oxygen atoms in total. The predicted octanol–water partition coefficient (Wildman–Crippen LogP) is 13.3. The smallest absolute Gasteiger partial charge is 0.129 e. The van der Waals surface area contributed by atoms with Crippen LogP contribution >= 0.6 is 11.8 Å². The summed E-state index contributed by atoms with van der Waals surface area (Å²) in [4.78, 5) is 2.44. The van der Waals surface area contributed by atoms with Gasteiger partial charge >= 0.3 is 0 Å². The minimum atomic E-state index is -0.118. The molecule has 1 aliphatic carbocycles. The molecule has 0 radical (unpaired) electrons. The van der Waals surface area contributed by atoms with E-state index in [1.54, 1.807) is 0 Å². The maximum Gasteiger partial charge on any atom is 0.129 e. The lowest BCUT2D eigenvalue weighted by atomic mass is 9.81. The molecular formula is C47H37NOS. The van der Waals surface area contributed by atoms with Gasteiger partial charge in [0.2, 0.25) is 0 Å². The Bertz CT molecular complexity index is 2360. The molecule has 0 atom stereocenters. The van der Waals surface area contributed by atoms with Crippen LogP contribution in [0.25, 0.3) is 33.4 Å². The number of hydrogen-bond donors (Lipinski definition) is 0. The van der Waals surface area contributed by atoms with E-state index < -0.39 is 0 Å². The number of para-hydroxylation sites is 1. The topological polar surface area (TPSA) is 12.5 Å². The molecule has 242 valence electrons. The van der Waals surface area contributed by atoms with Crippen molar-refractivity contribution in [2.75, 3.05) is 4.90 Å². The average Bonchev–Trinajstić information content (AvgIpc) is 3.74. The lowest BCUT2D eigenvalue weighted by molar-refractivity contribution is 0.483. The van der Waals surface area contributed by atoms with Crippen LogP contribution in [-0.4, -0.2) is 0 Å². The minimum absolute atomic E-state index is 0.118. The first-order chi connectivity index (χ1) is 24.6. The van der Waals surface area contributed by atoms with Crippen molar-refractivity contribution in [3.8, 4) is 44.9 Å². The van der Waals surface area contributed by atoms with E-state index in [1.807, 2.05) is 48.2 Å². The number of fused-ring (bicyclic) bond motifs is 4. The molecule has 0 amide bonds. The lowest BCUT2D eigenvalue weighted by Crippen LogP contribution is -2.16. The Hall–Kier alpha value is -5.51. The van der Waals surface area contributed by atoms with Crippen molar-refractivity contribution in [1.82, 2.24) is 0 Å². The summed E-state index contributed by atoms with van der Waals surface area (Å²) in [5.41, 5.74) is 16.5. The summed E-state index contributed by atoms with van der Waals surface area (Å²) in [6.07, 6.45) is 0. The summed E-state index contributed by atoms with van der Waals surface area (Å²) in [5.74, 6) is 3.68. The monoisotopic (exact) mass is 663 g/mol. The Labute approximate surface area is 299 Å². The largest absolute Gasteiger partial charge is 0.457 e. The third-order valence-electron chi connectivity index (χ3n) is 10.3. The molecule has 0 aromatic heterocycles. The fourth-order valence-corrected chi connectivity index (χ4v) is 9.01. The van der Waals surface area contributed by atoms with E-state index in [4.69, 9.17) is 4.74 Å². The zero-order valence-corrected chi connectivity index (χ0v) is 29.1. The molecule has 0 saturated carbocycles. The van der Waals surface area contributed by atoms with Crippen LogP contribution in [0, 0.1) is 0 Å². The summed E-state index contributed by atoms with van der Waals surface area (Å²) >= 11 is 2.01. The van der Waals surface area contributed by atoms with Crippen molar-refractivity contribution in [2.24, 2.45) is 0 Å². The number of rotatable bonds is 7. The Kier molecular flexibility index (Phi) is 7.59. The molecule has 1 aliphatic heterocycles. The van der Waals surface area contributed by atoms with Crippen molar-refractivity contribution < 1.29 is 4.74 Å². The Morgan fingerprint density at radius 3 is 2.02 bits per heavy atom. The van der Waals surface area contributed by atoms with Crippen LogP contribution in [0.2, 0.25) is 0 Å². The highest BCUT2D eigenvalue weighted by Gasteiger charge is 2.39. The van der Waals surface area contributed by atoms with Crippen LogP contribution < -0.4 is 9.64 Å². The summed E-state index contributed by atoms with van der Waals surface area (Å²) in [6.45, 7) is 4.75. The van der Waals surface area contributed by atoms with E-state index in [0.29, 0.717) is 0 Å². The van der Waals surface area contributed by atoms with Gasteiger partial charge in [0.1, 0.15) is 11.5 Å². The van der Waals surface area contributed by atoms with Gasteiger partial charge in [0.25, 0.3) is 0 Å². The maximum atomic E-state index is 6.43. The molecule has 7 aromatic rings. The van der Waals surface area contributed by atoms with Gasteiger partial charge in [-0.25, -0.2) is 0 Å². The molecule has 0 bridgehead atoms. The summed E-state index contributed by atoms with van der Waals surface area (Å²) in [7, 11) is 0. The van der Waals surface area contributed by atoms with Crippen LogP contribution in [0.5, 0.6) is 11.5 Å². The van der Waals surface area contributed by atoms with E-state index in [-0.39, 0.29) is 5.41 Å². The third kappa shape index (κ3) is 5.21. The van der Waals surface area contributed by atoms with E-state index in [9.17, 15) is 0 Å². The first kappa shape index (κ1) is 30.5. The lowest BCUT2D eigenvalue weighted by Gasteiger charge is -2.31. The molecule has 0 spiro atoms. The SMILES string of the molecule is CC1(C)c2ccccc2-c2c1ccc(N(c1cccc(Oc3ccccc3)c1)c1cccc(-c3ccccc3)c1)c2-c1cccc2c1CSC2. The Balaban J connectivity index is 1.33. The van der Waals surface area contributed by atoms with Crippen LogP contribution in [0.15, 0.2) is 164 Å². The second-order valence-corrected chi connectivity index (χ2v) is 14.6. The molecule has 3 heteroatoms. The summed E-state index contributed by atoms with van der Waals surface area (Å²) < 4.78 is 6.43. The van der Waals surface area contributed by atoms with Crippen molar-refractivity contribution in [3.05, 3.63) is 186 Å². The van der Waals surface area contributed by atoms with Gasteiger partial charge in [-0.15, -0.1) is 0 Å². The van der Waals surface area contributed by atoms with Gasteiger partial charge in [0, 0.05) is 39.9 Å². The van der Waals surface area contributed by atoms with Gasteiger partial charge in [-0.3, -0.25) is 0 Å². The molecular weight excluding hydrogens is 627 g/mol. The van der Waals surface area contributed by atoms with Crippen molar-refractivity contribution >= 4 is 28.8 Å². The molecule has 1 heterocycles. The van der Waals surface area contributed by atoms with Crippen molar-refractivity contribution in [1.29, 1.82) is 0 Å². The van der Waals surface area contributed by atoms with Gasteiger partial charge in [0.05, 0.1) is 5.69 Å². The van der Waals surface area contributed by atoms with Crippen molar-refractivity contribution in [2.45, 2.75) is 30.8 Å². The predicted molar refractivity (Wildman–Crippen MR) is 211 cm³/mol. The number of nitrogens with zero attached hydrogens (tertiary/aromatic N) is 1. The van der Waals surface area contributed by atoms with Gasteiger partial charge in [-0.05, 0) is 92.5 Å². The average molecular weight is 664 g/mol. The highest BCUT2D eigenvalue weighted by Crippen LogP contribution is 2.57. The Morgan fingerprint density at radius 2 is 1.18 bits per heavy atom. The molecule has 0 unspecified atom stereocenters. The van der Waals surface area contributed by atoms with Crippen LogP contribution in [0.4, 0.5) is 17.1 Å². The fourth-order valence-electron chi connectivity index (χ4n) is 7.87. The van der Waals surface area contributed by atoms with Crippen molar-refractivity contribution in [3.63, 3.8) is 0 Å². The molecule has 0 fully saturated rings. The van der Waals surface area contributed by atoms with E-state index in [1.165, 1.54) is 55.6 Å². The van der Waals surface area contributed by atoms with Crippen LogP contribution in [-0.2, 0) is 16.9 Å². The number of anilines is 3. The quantitative estimate of drug-likeness (QED) is 0.168. The fraction of sp³-hybridized carbons (Fsp3) is 0.106. The van der Waals surface area contributed by atoms with Gasteiger partial charge in [0.15, 0.2) is 0 Å². The number of ether oxygens (including phenoxy) is 1. The molecule has 50 heavy (non-hydrogen) atoms. The third-order valence-corrected chi connectivity index (χ3v) is 11.3. The molecule has 2 aliphatic rings. The number of benzene rings is 7.